The van der Waals surface area contributed by atoms with Crippen LogP contribution in [0.1, 0.15) is 74.9 Å². The first-order valence-corrected chi connectivity index (χ1v) is 19.5. The molecule has 12 nitrogen and oxygen atoms in total. The van der Waals surface area contributed by atoms with Crippen molar-refractivity contribution in [3.63, 3.8) is 0 Å². The first-order valence-electron chi connectivity index (χ1n) is 19.1. The Labute approximate surface area is 351 Å². The Morgan fingerprint density at radius 3 is 1.63 bits per heavy atom. The summed E-state index contributed by atoms with van der Waals surface area (Å²) in [4.78, 5) is 39.2. The van der Waals surface area contributed by atoms with Crippen LogP contribution in [0.25, 0.3) is 5.76 Å². The maximum Gasteiger partial charge on any atom is 0.343 e. The number of carbonyl (C=O) groups excluding carboxylic acids is 3. The van der Waals surface area contributed by atoms with Crippen LogP contribution in [0.3, 0.4) is 0 Å². The Morgan fingerprint density at radius 2 is 1.14 bits per heavy atom. The monoisotopic (exact) mass is 829 g/mol. The minimum absolute atomic E-state index is 0.136. The smallest absolute Gasteiger partial charge is 0.343 e. The van der Waals surface area contributed by atoms with E-state index in [9.17, 15) is 24.6 Å². The highest BCUT2D eigenvalue weighted by atomic mass is 35.5. The summed E-state index contributed by atoms with van der Waals surface area (Å²) < 4.78 is 32.5. The van der Waals surface area contributed by atoms with Crippen LogP contribution in [0, 0.1) is 0 Å². The van der Waals surface area contributed by atoms with Crippen LogP contribution < -0.4 is 18.9 Å². The van der Waals surface area contributed by atoms with Crippen molar-refractivity contribution in [1.29, 1.82) is 0 Å². The number of nitrogens with zero attached hydrogens (tertiary/aromatic N) is 1. The van der Waals surface area contributed by atoms with Gasteiger partial charge in [0.15, 0.2) is 17.3 Å². The first-order chi connectivity index (χ1) is 28.7. The van der Waals surface area contributed by atoms with Crippen LogP contribution >= 0.6 is 11.6 Å². The van der Waals surface area contributed by atoms with Gasteiger partial charge in [-0.3, -0.25) is 4.99 Å². The van der Waals surface area contributed by atoms with Crippen molar-refractivity contribution in [3.05, 3.63) is 138 Å². The molecule has 0 aliphatic carbocycles. The molecule has 2 N–H and O–H groups in total. The molecule has 4 rings (SSSR count). The SMILES string of the molecule is C=CC(=O)OCCCCOc1ccc(C(=O)Oc2cc(Cl)c(N=Cc3ccc(OC(=CO)c4ccc(OCCCCOC(=O)C=C)cc4)cc3)cc2O)cc1.CC.CC. The quantitative estimate of drug-likeness (QED) is 0.0205. The number of unbranched alkanes of at least 4 members (excludes halogenated alkanes) is 2. The number of esters is 3. The van der Waals surface area contributed by atoms with Gasteiger partial charge in [0.25, 0.3) is 0 Å². The number of phenols is 1. The third-order valence-electron chi connectivity index (χ3n) is 7.47. The number of hydrogen-bond donors (Lipinski definition) is 2. The van der Waals surface area contributed by atoms with E-state index in [0.29, 0.717) is 73.9 Å². The lowest BCUT2D eigenvalue weighted by Crippen LogP contribution is -2.08. The summed E-state index contributed by atoms with van der Waals surface area (Å²) >= 11 is 6.41. The molecule has 0 aliphatic rings. The predicted molar refractivity (Wildman–Crippen MR) is 230 cm³/mol. The van der Waals surface area contributed by atoms with Gasteiger partial charge in [0.2, 0.25) is 0 Å². The number of aliphatic hydroxyl groups is 1. The molecule has 0 radical (unpaired) electrons. The Balaban J connectivity index is 0.00000291. The van der Waals surface area contributed by atoms with E-state index in [-0.39, 0.29) is 40.1 Å². The van der Waals surface area contributed by atoms with Crippen LogP contribution in [0.15, 0.2) is 121 Å². The summed E-state index contributed by atoms with van der Waals surface area (Å²) in [7, 11) is 0. The van der Waals surface area contributed by atoms with Crippen LogP contribution in [0.5, 0.6) is 28.7 Å². The van der Waals surface area contributed by atoms with Crippen LogP contribution in [0.2, 0.25) is 5.02 Å². The maximum absolute atomic E-state index is 12.7. The lowest BCUT2D eigenvalue weighted by atomic mass is 10.2. The molecule has 59 heavy (non-hydrogen) atoms. The van der Waals surface area contributed by atoms with E-state index in [0.717, 1.165) is 18.4 Å². The molecular weight excluding hydrogens is 778 g/mol. The number of aromatic hydroxyl groups is 1. The number of phenolic OH excluding ortho intramolecular Hbond substituents is 1. The summed E-state index contributed by atoms with van der Waals surface area (Å²) in [5.74, 6) is -0.226. The third-order valence-corrected chi connectivity index (χ3v) is 7.78. The van der Waals surface area contributed by atoms with Crippen LogP contribution in [0.4, 0.5) is 5.69 Å². The Hall–Kier alpha value is -6.53. The average Bonchev–Trinajstić information content (AvgIpc) is 3.27. The third kappa shape index (κ3) is 17.7. The molecule has 0 amide bonds. The highest BCUT2D eigenvalue weighted by Crippen LogP contribution is 2.37. The molecule has 0 saturated heterocycles. The molecule has 0 fully saturated rings. The number of aliphatic imine (C=N–C) groups is 1. The van der Waals surface area contributed by atoms with Gasteiger partial charge in [0.05, 0.1) is 42.7 Å². The standard InChI is InChI=1S/C42H40ClNO11.2C2H6/c1-3-40(47)52-23-7-5-21-50-32-17-11-30(12-18-32)39(28-45)54-34-15-9-29(10-16-34)27-44-36-26-37(46)38(25-35(36)43)55-42(49)31-13-19-33(20-14-31)51-22-6-8-24-53-41(48)4-2;2*1-2/h3-4,9-20,25-28,45-46H,1-2,5-8,21-24H2;2*1-2H3. The Bertz CT molecular complexity index is 1970. The molecule has 13 heteroatoms. The van der Waals surface area contributed by atoms with Crippen LogP contribution in [-0.2, 0) is 19.1 Å². The number of halogens is 1. The van der Waals surface area contributed by atoms with Crippen LogP contribution in [-0.4, -0.2) is 60.8 Å². The minimum Gasteiger partial charge on any atom is -0.512 e. The zero-order chi connectivity index (χ0) is 43.4. The van der Waals surface area contributed by atoms with Crippen molar-refractivity contribution in [2.24, 2.45) is 4.99 Å². The second-order valence-corrected chi connectivity index (χ2v) is 11.9. The summed E-state index contributed by atoms with van der Waals surface area (Å²) in [5.41, 5.74) is 1.79. The number of aliphatic hydroxyl groups excluding tert-OH is 1. The zero-order valence-electron chi connectivity index (χ0n) is 33.9. The molecule has 0 spiro atoms. The molecule has 314 valence electrons. The summed E-state index contributed by atoms with van der Waals surface area (Å²) in [6.07, 6.45) is 7.30. The maximum atomic E-state index is 12.7. The Morgan fingerprint density at radius 1 is 0.661 bits per heavy atom. The average molecular weight is 830 g/mol. The van der Waals surface area contributed by atoms with E-state index in [1.807, 2.05) is 27.7 Å². The normalized spacial score (nSPS) is 10.5. The molecular formula is C46H52ClNO11. The summed E-state index contributed by atoms with van der Waals surface area (Å²) in [5, 5.41) is 20.6. The van der Waals surface area contributed by atoms with Gasteiger partial charge in [0, 0.05) is 36.1 Å². The predicted octanol–water partition coefficient (Wildman–Crippen LogP) is 10.8. The minimum atomic E-state index is -0.709. The van der Waals surface area contributed by atoms with Crippen molar-refractivity contribution in [3.8, 4) is 28.7 Å². The lowest BCUT2D eigenvalue weighted by Gasteiger charge is -2.11. The van der Waals surface area contributed by atoms with Gasteiger partial charge in [-0.2, -0.15) is 0 Å². The van der Waals surface area contributed by atoms with Crippen molar-refractivity contribution in [1.82, 2.24) is 0 Å². The van der Waals surface area contributed by atoms with E-state index in [4.69, 9.17) is 40.0 Å². The number of hydrogen-bond acceptors (Lipinski definition) is 12. The largest absolute Gasteiger partial charge is 0.512 e. The number of carbonyl (C=O) groups is 3. The molecule has 0 heterocycles. The van der Waals surface area contributed by atoms with Gasteiger partial charge in [0.1, 0.15) is 23.5 Å². The summed E-state index contributed by atoms with van der Waals surface area (Å²) in [6.45, 7) is 16.1. The Kier molecular flexibility index (Phi) is 23.0. The highest BCUT2D eigenvalue weighted by Gasteiger charge is 2.15. The van der Waals surface area contributed by atoms with Crippen molar-refractivity contribution in [2.45, 2.75) is 53.4 Å². The fourth-order valence-electron chi connectivity index (χ4n) is 4.58. The molecule has 0 aliphatic heterocycles. The molecule has 0 unspecified atom stereocenters. The fourth-order valence-corrected chi connectivity index (χ4v) is 4.78. The van der Waals surface area contributed by atoms with E-state index in [1.165, 1.54) is 30.5 Å². The molecule has 4 aromatic rings. The number of benzene rings is 4. The first kappa shape index (κ1) is 48.6. The molecule has 4 aromatic carbocycles. The van der Waals surface area contributed by atoms with E-state index >= 15 is 0 Å². The van der Waals surface area contributed by atoms with Crippen molar-refractivity contribution >= 4 is 47.2 Å². The van der Waals surface area contributed by atoms with Gasteiger partial charge in [-0.05, 0) is 104 Å². The van der Waals surface area contributed by atoms with E-state index in [1.54, 1.807) is 60.7 Å². The lowest BCUT2D eigenvalue weighted by molar-refractivity contribution is -0.138. The van der Waals surface area contributed by atoms with Gasteiger partial charge in [-0.25, -0.2) is 14.4 Å². The summed E-state index contributed by atoms with van der Waals surface area (Å²) in [6, 6.07) is 22.8. The topological polar surface area (TPSA) is 159 Å². The molecule has 0 saturated carbocycles. The second kappa shape index (κ2) is 28.0. The van der Waals surface area contributed by atoms with Crippen molar-refractivity contribution in [2.75, 3.05) is 26.4 Å². The highest BCUT2D eigenvalue weighted by molar-refractivity contribution is 6.33. The van der Waals surface area contributed by atoms with Gasteiger partial charge >= 0.3 is 17.9 Å². The number of rotatable bonds is 21. The fraction of sp³-hybridized carbons (Fsp3) is 0.261. The van der Waals surface area contributed by atoms with Crippen molar-refractivity contribution < 1.29 is 53.0 Å². The van der Waals surface area contributed by atoms with Gasteiger partial charge in [-0.15, -0.1) is 0 Å². The number of ether oxygens (including phenoxy) is 6. The molecule has 0 aromatic heterocycles. The molecule has 0 atom stereocenters. The van der Waals surface area contributed by atoms with E-state index < -0.39 is 17.9 Å². The van der Waals surface area contributed by atoms with Gasteiger partial charge < -0.3 is 38.6 Å². The van der Waals surface area contributed by atoms with Gasteiger partial charge in [-0.1, -0.05) is 52.5 Å². The molecule has 0 bridgehead atoms. The zero-order valence-corrected chi connectivity index (χ0v) is 34.6. The second-order valence-electron chi connectivity index (χ2n) is 11.5. The van der Waals surface area contributed by atoms with E-state index in [2.05, 4.69) is 18.2 Å².